The number of hydrogen-bond donors (Lipinski definition) is 1. The number of piperazine rings is 1. The molecule has 1 heterocycles. The average Bonchev–Trinajstić information content (AvgIpc) is 2.62. The third-order valence-electron chi connectivity index (χ3n) is 4.58. The Bertz CT molecular complexity index is 657. The Hall–Kier alpha value is -1.68. The monoisotopic (exact) mass is 342 g/mol. The summed E-state index contributed by atoms with van der Waals surface area (Å²) in [6.07, 6.45) is 1.57. The Labute approximate surface area is 148 Å². The summed E-state index contributed by atoms with van der Waals surface area (Å²) in [7, 11) is 0. The molecule has 0 aromatic heterocycles. The number of nitrogens with one attached hydrogen (secondary N) is 1. The lowest BCUT2D eigenvalue weighted by Gasteiger charge is -2.36. The van der Waals surface area contributed by atoms with Gasteiger partial charge in [-0.3, -0.25) is 9.69 Å². The predicted octanol–water partition coefficient (Wildman–Crippen LogP) is 3.43. The molecule has 0 radical (unpaired) electrons. The second kappa shape index (κ2) is 8.43. The largest absolute Gasteiger partial charge is 0.314 e. The molecule has 1 aliphatic rings. The molecular formula is C20H23ClN2O. The first-order chi connectivity index (χ1) is 11.7. The molecule has 1 saturated heterocycles. The zero-order chi connectivity index (χ0) is 16.8. The van der Waals surface area contributed by atoms with E-state index in [-0.39, 0.29) is 5.78 Å². The van der Waals surface area contributed by atoms with Crippen molar-refractivity contribution in [3.63, 3.8) is 0 Å². The van der Waals surface area contributed by atoms with Crippen LogP contribution in [0, 0.1) is 0 Å². The van der Waals surface area contributed by atoms with Gasteiger partial charge in [-0.1, -0.05) is 41.9 Å². The van der Waals surface area contributed by atoms with Gasteiger partial charge in [-0.05, 0) is 36.2 Å². The van der Waals surface area contributed by atoms with E-state index in [9.17, 15) is 4.79 Å². The van der Waals surface area contributed by atoms with Crippen molar-refractivity contribution in [2.45, 2.75) is 18.9 Å². The topological polar surface area (TPSA) is 32.3 Å². The molecule has 0 spiro atoms. The van der Waals surface area contributed by atoms with Crippen LogP contribution in [0.2, 0.25) is 5.02 Å². The maximum Gasteiger partial charge on any atom is 0.164 e. The normalized spacial score (nSPS) is 18.5. The van der Waals surface area contributed by atoms with Crippen LogP contribution in [-0.2, 0) is 6.42 Å². The summed E-state index contributed by atoms with van der Waals surface area (Å²) < 4.78 is 0. The number of Topliss-reactive ketones (excluding diaryl/α,β-unsaturated/α-hetero) is 1. The van der Waals surface area contributed by atoms with E-state index in [4.69, 9.17) is 11.6 Å². The van der Waals surface area contributed by atoms with Crippen molar-refractivity contribution in [2.24, 2.45) is 0 Å². The Kier molecular flexibility index (Phi) is 6.02. The highest BCUT2D eigenvalue weighted by Crippen LogP contribution is 2.14. The highest BCUT2D eigenvalue weighted by Gasteiger charge is 2.22. The van der Waals surface area contributed by atoms with Crippen LogP contribution in [0.1, 0.15) is 22.3 Å². The van der Waals surface area contributed by atoms with Crippen LogP contribution < -0.4 is 5.32 Å². The molecule has 0 aliphatic carbocycles. The van der Waals surface area contributed by atoms with Gasteiger partial charge in [0.1, 0.15) is 0 Å². The summed E-state index contributed by atoms with van der Waals surface area (Å²) in [4.78, 5) is 14.8. The molecule has 2 aromatic rings. The summed E-state index contributed by atoms with van der Waals surface area (Å²) in [5.41, 5.74) is 2.09. The third kappa shape index (κ3) is 4.67. The molecule has 1 unspecified atom stereocenters. The molecule has 2 aromatic carbocycles. The molecule has 3 nitrogen and oxygen atoms in total. The molecule has 1 aliphatic heterocycles. The van der Waals surface area contributed by atoms with E-state index in [0.717, 1.165) is 38.2 Å². The number of carbonyl (C=O) groups is 1. The number of benzene rings is 2. The standard InChI is InChI=1S/C20H23ClN2O/c21-18-8-6-17(7-9-18)20(24)10-12-23-13-11-22-15-19(23)14-16-4-2-1-3-5-16/h1-9,19,22H,10-15H2. The quantitative estimate of drug-likeness (QED) is 0.816. The second-order valence-corrected chi connectivity index (χ2v) is 6.70. The van der Waals surface area contributed by atoms with Crippen LogP contribution in [0.25, 0.3) is 0 Å². The smallest absolute Gasteiger partial charge is 0.164 e. The summed E-state index contributed by atoms with van der Waals surface area (Å²) in [5, 5.41) is 4.13. The second-order valence-electron chi connectivity index (χ2n) is 6.26. The number of halogens is 1. The van der Waals surface area contributed by atoms with Crippen LogP contribution in [0.15, 0.2) is 54.6 Å². The molecular weight excluding hydrogens is 320 g/mol. The van der Waals surface area contributed by atoms with E-state index in [2.05, 4.69) is 34.5 Å². The van der Waals surface area contributed by atoms with Gasteiger partial charge < -0.3 is 5.32 Å². The van der Waals surface area contributed by atoms with Gasteiger partial charge in [0.2, 0.25) is 0 Å². The Morgan fingerprint density at radius 2 is 1.88 bits per heavy atom. The molecule has 4 heteroatoms. The first-order valence-electron chi connectivity index (χ1n) is 8.50. The van der Waals surface area contributed by atoms with Crippen LogP contribution in [0.4, 0.5) is 0 Å². The van der Waals surface area contributed by atoms with Gasteiger partial charge in [0, 0.05) is 49.2 Å². The fourth-order valence-corrected chi connectivity index (χ4v) is 3.34. The van der Waals surface area contributed by atoms with E-state index in [1.807, 2.05) is 18.2 Å². The average molecular weight is 343 g/mol. The highest BCUT2D eigenvalue weighted by atomic mass is 35.5. The summed E-state index contributed by atoms with van der Waals surface area (Å²) in [5.74, 6) is 0.184. The number of carbonyl (C=O) groups excluding carboxylic acids is 1. The van der Waals surface area contributed by atoms with Crippen molar-refractivity contribution in [1.29, 1.82) is 0 Å². The fourth-order valence-electron chi connectivity index (χ4n) is 3.21. The molecule has 1 atom stereocenters. The number of hydrogen-bond acceptors (Lipinski definition) is 3. The van der Waals surface area contributed by atoms with Crippen LogP contribution in [-0.4, -0.2) is 42.9 Å². The lowest BCUT2D eigenvalue weighted by molar-refractivity contribution is 0.0935. The van der Waals surface area contributed by atoms with Gasteiger partial charge in [0.25, 0.3) is 0 Å². The zero-order valence-electron chi connectivity index (χ0n) is 13.7. The number of ketones is 1. The molecule has 126 valence electrons. The molecule has 0 bridgehead atoms. The lowest BCUT2D eigenvalue weighted by atomic mass is 10.0. The van der Waals surface area contributed by atoms with E-state index in [1.54, 1.807) is 12.1 Å². The maximum absolute atomic E-state index is 12.4. The molecule has 1 fully saturated rings. The van der Waals surface area contributed by atoms with Gasteiger partial charge in [-0.15, -0.1) is 0 Å². The summed E-state index contributed by atoms with van der Waals surface area (Å²) in [6, 6.07) is 18.2. The Morgan fingerprint density at radius 3 is 2.62 bits per heavy atom. The van der Waals surface area contributed by atoms with Crippen LogP contribution in [0.5, 0.6) is 0 Å². The first-order valence-corrected chi connectivity index (χ1v) is 8.87. The van der Waals surface area contributed by atoms with E-state index >= 15 is 0 Å². The number of nitrogens with zero attached hydrogens (tertiary/aromatic N) is 1. The molecule has 1 N–H and O–H groups in total. The molecule has 0 saturated carbocycles. The van der Waals surface area contributed by atoms with Gasteiger partial charge in [-0.2, -0.15) is 0 Å². The van der Waals surface area contributed by atoms with Crippen molar-refractivity contribution >= 4 is 17.4 Å². The van der Waals surface area contributed by atoms with Crippen molar-refractivity contribution < 1.29 is 4.79 Å². The predicted molar refractivity (Wildman–Crippen MR) is 98.8 cm³/mol. The SMILES string of the molecule is O=C(CCN1CCNCC1Cc1ccccc1)c1ccc(Cl)cc1. The lowest BCUT2D eigenvalue weighted by Crippen LogP contribution is -2.52. The zero-order valence-corrected chi connectivity index (χ0v) is 14.5. The Balaban J connectivity index is 1.57. The van der Waals surface area contributed by atoms with Gasteiger partial charge in [0.05, 0.1) is 0 Å². The van der Waals surface area contributed by atoms with Crippen molar-refractivity contribution in [3.05, 3.63) is 70.7 Å². The first kappa shape index (κ1) is 17.2. The summed E-state index contributed by atoms with van der Waals surface area (Å²) >= 11 is 5.88. The van der Waals surface area contributed by atoms with Gasteiger partial charge in [0.15, 0.2) is 5.78 Å². The van der Waals surface area contributed by atoms with Gasteiger partial charge in [-0.25, -0.2) is 0 Å². The van der Waals surface area contributed by atoms with Crippen LogP contribution >= 0.6 is 11.6 Å². The summed E-state index contributed by atoms with van der Waals surface area (Å²) in [6.45, 7) is 3.76. The third-order valence-corrected chi connectivity index (χ3v) is 4.83. The molecule has 24 heavy (non-hydrogen) atoms. The minimum absolute atomic E-state index is 0.184. The van der Waals surface area contributed by atoms with Gasteiger partial charge >= 0.3 is 0 Å². The van der Waals surface area contributed by atoms with Crippen molar-refractivity contribution in [3.8, 4) is 0 Å². The minimum atomic E-state index is 0.184. The highest BCUT2D eigenvalue weighted by molar-refractivity contribution is 6.30. The Morgan fingerprint density at radius 1 is 1.12 bits per heavy atom. The minimum Gasteiger partial charge on any atom is -0.314 e. The van der Waals surface area contributed by atoms with E-state index < -0.39 is 0 Å². The van der Waals surface area contributed by atoms with E-state index in [0.29, 0.717) is 17.5 Å². The van der Waals surface area contributed by atoms with Crippen molar-refractivity contribution in [1.82, 2.24) is 10.2 Å². The number of rotatable bonds is 6. The molecule has 0 amide bonds. The molecule has 3 rings (SSSR count). The maximum atomic E-state index is 12.4. The fraction of sp³-hybridized carbons (Fsp3) is 0.350. The van der Waals surface area contributed by atoms with Crippen molar-refractivity contribution in [2.75, 3.05) is 26.2 Å². The van der Waals surface area contributed by atoms with Crippen LogP contribution in [0.3, 0.4) is 0 Å². The van der Waals surface area contributed by atoms with E-state index in [1.165, 1.54) is 5.56 Å².